The largest absolute Gasteiger partial charge is 0.325 e. The molecule has 2 aliphatic heterocycles. The molecule has 6 nitrogen and oxygen atoms in total. The van der Waals surface area contributed by atoms with Gasteiger partial charge in [-0.3, -0.25) is 14.5 Å². The van der Waals surface area contributed by atoms with E-state index < -0.39 is 11.6 Å². The first-order valence-electron chi connectivity index (χ1n) is 10.5. The van der Waals surface area contributed by atoms with E-state index in [4.69, 9.17) is 0 Å². The molecule has 0 aromatic heterocycles. The van der Waals surface area contributed by atoms with E-state index in [0.717, 1.165) is 47.4 Å². The summed E-state index contributed by atoms with van der Waals surface area (Å²) in [5, 5.41) is 2.83. The molecule has 154 valence electrons. The average molecular weight is 403 g/mol. The van der Waals surface area contributed by atoms with E-state index in [9.17, 15) is 14.4 Å². The highest BCUT2D eigenvalue weighted by Gasteiger charge is 2.50. The van der Waals surface area contributed by atoms with Crippen LogP contribution in [-0.2, 0) is 34.4 Å². The molecule has 5 rings (SSSR count). The van der Waals surface area contributed by atoms with Gasteiger partial charge < -0.3 is 10.2 Å². The lowest BCUT2D eigenvalue weighted by Gasteiger charge is -2.26. The van der Waals surface area contributed by atoms with Gasteiger partial charge in [0.1, 0.15) is 12.1 Å². The van der Waals surface area contributed by atoms with Crippen molar-refractivity contribution >= 4 is 23.5 Å². The van der Waals surface area contributed by atoms with Gasteiger partial charge >= 0.3 is 6.03 Å². The first-order chi connectivity index (χ1) is 14.4. The number of amides is 4. The number of para-hydroxylation sites is 1. The van der Waals surface area contributed by atoms with Crippen LogP contribution in [0.1, 0.15) is 42.5 Å². The number of urea groups is 1. The summed E-state index contributed by atoms with van der Waals surface area (Å²) in [5.74, 6) is -0.618. The molecule has 0 bridgehead atoms. The Kier molecular flexibility index (Phi) is 4.20. The minimum Gasteiger partial charge on any atom is -0.319 e. The molecule has 4 amide bonds. The highest BCUT2D eigenvalue weighted by atomic mass is 16.2. The van der Waals surface area contributed by atoms with Crippen LogP contribution in [-0.4, -0.2) is 35.3 Å². The van der Waals surface area contributed by atoms with E-state index in [0.29, 0.717) is 0 Å². The summed E-state index contributed by atoms with van der Waals surface area (Å²) < 4.78 is 0. The average Bonchev–Trinajstić information content (AvgIpc) is 3.38. The molecule has 2 atom stereocenters. The van der Waals surface area contributed by atoms with Gasteiger partial charge in [-0.25, -0.2) is 4.79 Å². The van der Waals surface area contributed by atoms with Gasteiger partial charge in [0.2, 0.25) is 5.91 Å². The van der Waals surface area contributed by atoms with Crippen molar-refractivity contribution in [1.82, 2.24) is 10.2 Å². The third-order valence-corrected chi connectivity index (χ3v) is 6.72. The van der Waals surface area contributed by atoms with Gasteiger partial charge in [0.05, 0.1) is 0 Å². The van der Waals surface area contributed by atoms with E-state index in [1.54, 1.807) is 11.8 Å². The summed E-state index contributed by atoms with van der Waals surface area (Å²) >= 11 is 0. The highest BCUT2D eigenvalue weighted by Crippen LogP contribution is 2.34. The number of aryl methyl sites for hydroxylation is 2. The molecular formula is C24H25N3O3. The molecule has 1 saturated heterocycles. The zero-order valence-electron chi connectivity index (χ0n) is 17.3. The molecule has 0 spiro atoms. The molecule has 30 heavy (non-hydrogen) atoms. The Labute approximate surface area is 175 Å². The fourth-order valence-electron chi connectivity index (χ4n) is 5.08. The molecule has 6 heteroatoms. The monoisotopic (exact) mass is 403 g/mol. The Morgan fingerprint density at radius 1 is 1.10 bits per heavy atom. The van der Waals surface area contributed by atoms with Crippen LogP contribution < -0.4 is 10.2 Å². The lowest BCUT2D eigenvalue weighted by atomic mass is 9.89. The van der Waals surface area contributed by atoms with E-state index in [2.05, 4.69) is 11.4 Å². The Bertz CT molecular complexity index is 1080. The fourth-order valence-corrected chi connectivity index (χ4v) is 5.08. The van der Waals surface area contributed by atoms with Crippen LogP contribution >= 0.6 is 0 Å². The van der Waals surface area contributed by atoms with Gasteiger partial charge in [0, 0.05) is 11.7 Å². The number of nitrogens with zero attached hydrogens (tertiary/aromatic N) is 2. The number of hydrogen-bond donors (Lipinski definition) is 1. The number of rotatable bonds is 3. The first-order valence-corrected chi connectivity index (χ1v) is 10.5. The number of nitrogens with one attached hydrogen (secondary N) is 1. The van der Waals surface area contributed by atoms with Crippen molar-refractivity contribution in [2.75, 3.05) is 11.4 Å². The maximum absolute atomic E-state index is 13.3. The Morgan fingerprint density at radius 3 is 2.70 bits per heavy atom. The second kappa shape index (κ2) is 6.69. The van der Waals surface area contributed by atoms with Crippen LogP contribution in [0.25, 0.3) is 0 Å². The van der Waals surface area contributed by atoms with E-state index in [1.165, 1.54) is 11.1 Å². The number of hydrogen-bond acceptors (Lipinski definition) is 3. The van der Waals surface area contributed by atoms with Gasteiger partial charge in [0.25, 0.3) is 5.91 Å². The number of anilines is 1. The van der Waals surface area contributed by atoms with Crippen molar-refractivity contribution in [1.29, 1.82) is 0 Å². The highest BCUT2D eigenvalue weighted by molar-refractivity contribution is 6.11. The van der Waals surface area contributed by atoms with E-state index >= 15 is 0 Å². The lowest BCUT2D eigenvalue weighted by Crippen LogP contribution is -2.46. The smallest absolute Gasteiger partial charge is 0.319 e. The molecule has 1 fully saturated rings. The van der Waals surface area contributed by atoms with E-state index in [1.807, 2.05) is 43.3 Å². The Balaban J connectivity index is 1.39. The molecule has 0 saturated carbocycles. The molecular weight excluding hydrogens is 378 g/mol. The van der Waals surface area contributed by atoms with Crippen LogP contribution in [0.4, 0.5) is 10.5 Å². The summed E-state index contributed by atoms with van der Waals surface area (Å²) in [5.41, 5.74) is 4.16. The predicted octanol–water partition coefficient (Wildman–Crippen LogP) is 2.92. The number of benzene rings is 2. The minimum absolute atomic E-state index is 0.00115. The lowest BCUT2D eigenvalue weighted by molar-refractivity contribution is -0.134. The van der Waals surface area contributed by atoms with Gasteiger partial charge in [0.15, 0.2) is 0 Å². The third-order valence-electron chi connectivity index (χ3n) is 6.72. The molecule has 2 heterocycles. The molecule has 2 aromatic carbocycles. The van der Waals surface area contributed by atoms with E-state index in [-0.39, 0.29) is 24.4 Å². The fraction of sp³-hybridized carbons (Fsp3) is 0.375. The van der Waals surface area contributed by atoms with Crippen molar-refractivity contribution < 1.29 is 14.4 Å². The first kappa shape index (κ1) is 18.9. The van der Waals surface area contributed by atoms with Crippen molar-refractivity contribution in [3.63, 3.8) is 0 Å². The van der Waals surface area contributed by atoms with Gasteiger partial charge in [-0.15, -0.1) is 0 Å². The quantitative estimate of drug-likeness (QED) is 0.801. The summed E-state index contributed by atoms with van der Waals surface area (Å²) in [6.07, 6.45) is 3.94. The molecule has 1 N–H and O–H groups in total. The summed E-state index contributed by atoms with van der Waals surface area (Å²) in [4.78, 5) is 41.9. The molecule has 1 aliphatic carbocycles. The second-order valence-corrected chi connectivity index (χ2v) is 8.73. The molecule has 0 radical (unpaired) electrons. The summed E-state index contributed by atoms with van der Waals surface area (Å²) in [7, 11) is 0. The zero-order valence-corrected chi connectivity index (χ0v) is 17.3. The summed E-state index contributed by atoms with van der Waals surface area (Å²) in [6.45, 7) is 3.45. The van der Waals surface area contributed by atoms with Crippen molar-refractivity contribution in [2.24, 2.45) is 0 Å². The van der Waals surface area contributed by atoms with Crippen LogP contribution in [0.2, 0.25) is 0 Å². The Morgan fingerprint density at radius 2 is 1.87 bits per heavy atom. The SMILES string of the molecule is C[C@@H]1Cc2ccccc2N1C(=O)CN1C(=O)N[C@@](C)(c2ccc3c(c2)CCC3)C1=O. The predicted molar refractivity (Wildman–Crippen MR) is 113 cm³/mol. The van der Waals surface area contributed by atoms with Crippen molar-refractivity contribution in [2.45, 2.75) is 51.1 Å². The van der Waals surface area contributed by atoms with Gasteiger partial charge in [-0.1, -0.05) is 36.4 Å². The standard InChI is InChI=1S/C24H25N3O3/c1-15-12-18-6-3-4-9-20(18)27(15)21(28)14-26-22(29)24(2,25-23(26)30)19-11-10-16-7-5-8-17(16)13-19/h3-4,6,9-11,13,15H,5,7-8,12,14H2,1-2H3,(H,25,30)/t15-,24+/m1/s1. The van der Waals surface area contributed by atoms with Crippen molar-refractivity contribution in [3.05, 3.63) is 64.7 Å². The zero-order chi connectivity index (χ0) is 21.0. The third kappa shape index (κ3) is 2.74. The molecule has 3 aliphatic rings. The van der Waals surface area contributed by atoms with Crippen molar-refractivity contribution in [3.8, 4) is 0 Å². The number of imide groups is 1. The van der Waals surface area contributed by atoms with Crippen LogP contribution in [0, 0.1) is 0 Å². The maximum Gasteiger partial charge on any atom is 0.325 e. The van der Waals surface area contributed by atoms with Crippen LogP contribution in [0.15, 0.2) is 42.5 Å². The second-order valence-electron chi connectivity index (χ2n) is 8.73. The van der Waals surface area contributed by atoms with Crippen LogP contribution in [0.3, 0.4) is 0 Å². The van der Waals surface area contributed by atoms with Crippen LogP contribution in [0.5, 0.6) is 0 Å². The normalized spacial score (nSPS) is 24.8. The number of fused-ring (bicyclic) bond motifs is 2. The number of carbonyl (C=O) groups is 3. The molecule has 0 unspecified atom stereocenters. The maximum atomic E-state index is 13.3. The Hall–Kier alpha value is -3.15. The minimum atomic E-state index is -1.15. The molecule has 2 aromatic rings. The topological polar surface area (TPSA) is 69.7 Å². The van der Waals surface area contributed by atoms with Gasteiger partial charge in [-0.05, 0) is 67.9 Å². The van der Waals surface area contributed by atoms with Gasteiger partial charge in [-0.2, -0.15) is 0 Å². The summed E-state index contributed by atoms with van der Waals surface area (Å²) in [6, 6.07) is 13.3. The number of carbonyl (C=O) groups excluding carboxylic acids is 3.